The number of benzene rings is 2. The molecule has 6 nitrogen and oxygen atoms in total. The Hall–Kier alpha value is -2.86. The zero-order valence-corrected chi connectivity index (χ0v) is 16.7. The number of fused-ring (bicyclic) bond motifs is 1. The molecule has 1 aliphatic rings. The Morgan fingerprint density at radius 3 is 2.43 bits per heavy atom. The molecular formula is C22H28N4O2. The molecule has 1 aliphatic carbocycles. The number of amides is 3. The molecule has 0 saturated carbocycles. The summed E-state index contributed by atoms with van der Waals surface area (Å²) in [6.45, 7) is 2.53. The van der Waals surface area contributed by atoms with Crippen LogP contribution in [0.3, 0.4) is 0 Å². The predicted octanol–water partition coefficient (Wildman–Crippen LogP) is 3.96. The van der Waals surface area contributed by atoms with Gasteiger partial charge >= 0.3 is 6.03 Å². The van der Waals surface area contributed by atoms with Gasteiger partial charge in [-0.1, -0.05) is 18.2 Å². The van der Waals surface area contributed by atoms with Crippen molar-refractivity contribution >= 4 is 29.0 Å². The Balaban J connectivity index is 1.79. The summed E-state index contributed by atoms with van der Waals surface area (Å²) in [7, 11) is 4.17. The van der Waals surface area contributed by atoms with Gasteiger partial charge in [-0.15, -0.1) is 0 Å². The predicted molar refractivity (Wildman–Crippen MR) is 114 cm³/mol. The zero-order valence-electron chi connectivity index (χ0n) is 16.7. The largest absolute Gasteiger partial charge is 0.326 e. The fraction of sp³-hybridized carbons (Fsp3) is 0.364. The second kappa shape index (κ2) is 8.89. The van der Waals surface area contributed by atoms with Gasteiger partial charge in [-0.25, -0.2) is 4.79 Å². The maximum Gasteiger partial charge on any atom is 0.323 e. The lowest BCUT2D eigenvalue weighted by atomic mass is 9.82. The summed E-state index contributed by atoms with van der Waals surface area (Å²) in [5, 5.41) is 8.65. The second-order valence-corrected chi connectivity index (χ2v) is 7.66. The lowest BCUT2D eigenvalue weighted by Gasteiger charge is -2.29. The monoisotopic (exact) mass is 380 g/mol. The van der Waals surface area contributed by atoms with Crippen LogP contribution in [0.1, 0.15) is 24.5 Å². The number of aryl methyl sites for hydroxylation is 1. The summed E-state index contributed by atoms with van der Waals surface area (Å²) < 4.78 is 0. The number of nitrogens with one attached hydrogen (secondary N) is 3. The van der Waals surface area contributed by atoms with Crippen LogP contribution in [-0.4, -0.2) is 37.5 Å². The molecule has 0 bridgehead atoms. The van der Waals surface area contributed by atoms with E-state index >= 15 is 0 Å². The van der Waals surface area contributed by atoms with Crippen molar-refractivity contribution in [3.63, 3.8) is 0 Å². The molecule has 0 aromatic heterocycles. The molecule has 1 unspecified atom stereocenters. The van der Waals surface area contributed by atoms with E-state index in [9.17, 15) is 9.59 Å². The lowest BCUT2D eigenvalue weighted by Crippen LogP contribution is -2.27. The Kier molecular flexibility index (Phi) is 6.31. The van der Waals surface area contributed by atoms with Crippen LogP contribution in [0.2, 0.25) is 0 Å². The van der Waals surface area contributed by atoms with Crippen molar-refractivity contribution in [1.29, 1.82) is 0 Å². The number of urea groups is 1. The highest BCUT2D eigenvalue weighted by molar-refractivity contribution is 6.00. The van der Waals surface area contributed by atoms with Crippen LogP contribution < -0.4 is 16.0 Å². The van der Waals surface area contributed by atoms with Crippen LogP contribution in [0.5, 0.6) is 0 Å². The van der Waals surface area contributed by atoms with E-state index in [2.05, 4.69) is 34.9 Å². The molecule has 0 fully saturated rings. The number of anilines is 3. The Bertz CT molecular complexity index is 849. The van der Waals surface area contributed by atoms with Crippen molar-refractivity contribution in [2.45, 2.75) is 26.2 Å². The highest BCUT2D eigenvalue weighted by Gasteiger charge is 2.23. The summed E-state index contributed by atoms with van der Waals surface area (Å²) in [5.41, 5.74) is 4.58. The van der Waals surface area contributed by atoms with E-state index < -0.39 is 0 Å². The fourth-order valence-corrected chi connectivity index (χ4v) is 3.81. The normalized spacial score (nSPS) is 15.6. The number of hydrogen-bond donors (Lipinski definition) is 3. The van der Waals surface area contributed by atoms with Crippen LogP contribution in [0.15, 0.2) is 42.5 Å². The maximum absolute atomic E-state index is 12.3. The van der Waals surface area contributed by atoms with Crippen molar-refractivity contribution in [2.75, 3.05) is 36.6 Å². The topological polar surface area (TPSA) is 73.5 Å². The molecule has 1 atom stereocenters. The van der Waals surface area contributed by atoms with Gasteiger partial charge in [0.25, 0.3) is 0 Å². The quantitative estimate of drug-likeness (QED) is 0.735. The average Bonchev–Trinajstić information content (AvgIpc) is 2.62. The first-order valence-corrected chi connectivity index (χ1v) is 9.62. The first kappa shape index (κ1) is 19.9. The first-order valence-electron chi connectivity index (χ1n) is 9.62. The highest BCUT2D eigenvalue weighted by atomic mass is 16.2. The van der Waals surface area contributed by atoms with Crippen molar-refractivity contribution in [3.05, 3.63) is 53.6 Å². The van der Waals surface area contributed by atoms with Crippen LogP contribution in [-0.2, 0) is 17.6 Å². The van der Waals surface area contributed by atoms with Gasteiger partial charge in [-0.3, -0.25) is 4.79 Å². The van der Waals surface area contributed by atoms with Gasteiger partial charge in [0.1, 0.15) is 0 Å². The molecule has 148 valence electrons. The van der Waals surface area contributed by atoms with E-state index in [1.165, 1.54) is 18.1 Å². The van der Waals surface area contributed by atoms with E-state index in [-0.39, 0.29) is 11.9 Å². The molecule has 6 heteroatoms. The van der Waals surface area contributed by atoms with Crippen molar-refractivity contribution < 1.29 is 9.59 Å². The van der Waals surface area contributed by atoms with Gasteiger partial charge in [-0.05, 0) is 74.7 Å². The number of carbonyl (C=O) groups is 2. The zero-order chi connectivity index (χ0) is 20.1. The van der Waals surface area contributed by atoms with E-state index in [0.29, 0.717) is 11.6 Å². The minimum atomic E-state index is -0.304. The van der Waals surface area contributed by atoms with Crippen LogP contribution in [0.4, 0.5) is 21.9 Å². The number of rotatable bonds is 5. The molecular weight excluding hydrogens is 352 g/mol. The first-order chi connectivity index (χ1) is 13.4. The second-order valence-electron chi connectivity index (χ2n) is 7.66. The summed E-state index contributed by atoms with van der Waals surface area (Å²) in [5.74, 6) is 0.456. The molecule has 3 N–H and O–H groups in total. The molecule has 0 aliphatic heterocycles. The van der Waals surface area contributed by atoms with Gasteiger partial charge in [0.15, 0.2) is 0 Å². The Labute approximate surface area is 166 Å². The molecule has 0 radical (unpaired) electrons. The van der Waals surface area contributed by atoms with Crippen molar-refractivity contribution in [1.82, 2.24) is 4.90 Å². The minimum Gasteiger partial charge on any atom is -0.326 e. The van der Waals surface area contributed by atoms with Crippen LogP contribution >= 0.6 is 0 Å². The summed E-state index contributed by atoms with van der Waals surface area (Å²) in [6, 6.07) is 12.9. The molecule has 3 amide bonds. The van der Waals surface area contributed by atoms with Gasteiger partial charge in [0, 0.05) is 30.5 Å². The molecule has 0 heterocycles. The molecule has 2 aromatic rings. The lowest BCUT2D eigenvalue weighted by molar-refractivity contribution is -0.114. The third-order valence-electron chi connectivity index (χ3n) is 4.88. The SMILES string of the molecule is CC(=O)Nc1cc(NC(=O)Nc2ccccc2)cc2c1CC(CN(C)C)CC2. The van der Waals surface area contributed by atoms with Crippen LogP contribution in [0, 0.1) is 5.92 Å². The molecule has 0 saturated heterocycles. The fourth-order valence-electron chi connectivity index (χ4n) is 3.81. The molecule has 3 rings (SSSR count). The Morgan fingerprint density at radius 1 is 1.04 bits per heavy atom. The number of carbonyl (C=O) groups excluding carboxylic acids is 2. The smallest absolute Gasteiger partial charge is 0.323 e. The average molecular weight is 380 g/mol. The maximum atomic E-state index is 12.3. The molecule has 2 aromatic carbocycles. The van der Waals surface area contributed by atoms with E-state index in [1.54, 1.807) is 0 Å². The number of para-hydroxylation sites is 1. The van der Waals surface area contributed by atoms with E-state index in [1.807, 2.05) is 42.5 Å². The van der Waals surface area contributed by atoms with Crippen molar-refractivity contribution in [2.24, 2.45) is 5.92 Å². The van der Waals surface area contributed by atoms with E-state index in [4.69, 9.17) is 0 Å². The molecule has 0 spiro atoms. The third-order valence-corrected chi connectivity index (χ3v) is 4.88. The van der Waals surface area contributed by atoms with Gasteiger partial charge in [0.2, 0.25) is 5.91 Å². The van der Waals surface area contributed by atoms with Gasteiger partial charge in [-0.2, -0.15) is 0 Å². The summed E-state index contributed by atoms with van der Waals surface area (Å²) >= 11 is 0. The number of hydrogen-bond acceptors (Lipinski definition) is 3. The van der Waals surface area contributed by atoms with Gasteiger partial charge < -0.3 is 20.9 Å². The molecule has 28 heavy (non-hydrogen) atoms. The summed E-state index contributed by atoms with van der Waals surface area (Å²) in [4.78, 5) is 26.3. The van der Waals surface area contributed by atoms with Crippen molar-refractivity contribution in [3.8, 4) is 0 Å². The number of nitrogens with zero attached hydrogens (tertiary/aromatic N) is 1. The van der Waals surface area contributed by atoms with Gasteiger partial charge in [0.05, 0.1) is 0 Å². The Morgan fingerprint density at radius 2 is 1.75 bits per heavy atom. The van der Waals surface area contributed by atoms with E-state index in [0.717, 1.165) is 37.2 Å². The minimum absolute atomic E-state index is 0.108. The highest BCUT2D eigenvalue weighted by Crippen LogP contribution is 2.34. The third kappa shape index (κ3) is 5.33. The standard InChI is InChI=1S/C22H28N4O2/c1-15(27)23-21-13-19(25-22(28)24-18-7-5-4-6-8-18)12-17-10-9-16(11-20(17)21)14-26(2)3/h4-8,12-13,16H,9-11,14H2,1-3H3,(H,23,27)(H2,24,25,28). The summed E-state index contributed by atoms with van der Waals surface area (Å²) in [6.07, 6.45) is 2.97. The van der Waals surface area contributed by atoms with Crippen LogP contribution in [0.25, 0.3) is 0 Å².